The predicted octanol–water partition coefficient (Wildman–Crippen LogP) is 3.32. The summed E-state index contributed by atoms with van der Waals surface area (Å²) >= 11 is 6.55. The Morgan fingerprint density at radius 1 is 1.28 bits per heavy atom. The number of ether oxygens (including phenoxy) is 2. The molecule has 29 heavy (non-hydrogen) atoms. The highest BCUT2D eigenvalue weighted by Gasteiger charge is 2.25. The van der Waals surface area contributed by atoms with E-state index >= 15 is 0 Å². The maximum atomic E-state index is 13.2. The number of carbonyl (C=O) groups excluding carboxylic acids is 1. The molecule has 2 heterocycles. The Hall–Kier alpha value is -2.10. The van der Waals surface area contributed by atoms with Crippen molar-refractivity contribution in [3.05, 3.63) is 34.5 Å². The van der Waals surface area contributed by atoms with Crippen molar-refractivity contribution in [2.75, 3.05) is 31.8 Å². The van der Waals surface area contributed by atoms with Crippen molar-refractivity contribution in [3.63, 3.8) is 0 Å². The van der Waals surface area contributed by atoms with Gasteiger partial charge in [-0.15, -0.1) is 0 Å². The van der Waals surface area contributed by atoms with Crippen molar-refractivity contribution >= 4 is 32.8 Å². The predicted molar refractivity (Wildman–Crippen MR) is 111 cm³/mol. The van der Waals surface area contributed by atoms with Crippen LogP contribution < -0.4 is 4.74 Å². The zero-order valence-corrected chi connectivity index (χ0v) is 18.0. The maximum Gasteiger partial charge on any atom is 0.220 e. The fraction of sp³-hybridized carbons (Fsp3) is 0.474. The van der Waals surface area contributed by atoms with E-state index in [2.05, 4.69) is 9.46 Å². The Labute approximate surface area is 175 Å². The van der Waals surface area contributed by atoms with Gasteiger partial charge >= 0.3 is 0 Å². The molecule has 158 valence electrons. The average molecular weight is 442 g/mol. The SMILES string of the molecule is COCCOc1ccc(C(=O)c2cnn(C)c2O)c(Cl)c1N=S1(=O)CCCCC1. The van der Waals surface area contributed by atoms with Crippen LogP contribution >= 0.6 is 11.6 Å². The Morgan fingerprint density at radius 3 is 2.62 bits per heavy atom. The van der Waals surface area contributed by atoms with E-state index in [1.165, 1.54) is 24.0 Å². The molecule has 0 aliphatic carbocycles. The second kappa shape index (κ2) is 9.15. The van der Waals surface area contributed by atoms with Crippen LogP contribution in [0.4, 0.5) is 5.69 Å². The first-order chi connectivity index (χ1) is 13.9. The molecule has 0 radical (unpaired) electrons. The molecular weight excluding hydrogens is 418 g/mol. The van der Waals surface area contributed by atoms with E-state index in [4.69, 9.17) is 21.1 Å². The van der Waals surface area contributed by atoms with Crippen LogP contribution in [-0.2, 0) is 21.5 Å². The Morgan fingerprint density at radius 2 is 2.00 bits per heavy atom. The highest BCUT2D eigenvalue weighted by Crippen LogP contribution is 2.40. The van der Waals surface area contributed by atoms with Crippen LogP contribution in [0.15, 0.2) is 22.7 Å². The molecule has 1 fully saturated rings. The van der Waals surface area contributed by atoms with Crippen LogP contribution in [-0.4, -0.2) is 56.7 Å². The molecule has 0 bridgehead atoms. The van der Waals surface area contributed by atoms with E-state index in [0.717, 1.165) is 19.3 Å². The summed E-state index contributed by atoms with van der Waals surface area (Å²) in [6.07, 6.45) is 3.97. The summed E-state index contributed by atoms with van der Waals surface area (Å²) in [5.41, 5.74) is 0.353. The van der Waals surface area contributed by atoms with Crippen LogP contribution in [0.25, 0.3) is 0 Å². The van der Waals surface area contributed by atoms with Gasteiger partial charge in [0.2, 0.25) is 11.7 Å². The lowest BCUT2D eigenvalue weighted by Gasteiger charge is -2.18. The standard InChI is InChI=1S/C19H24ClN3O5S/c1-23-19(25)14(12-21-23)18(24)13-6-7-15(28-9-8-27-2)17(16(13)20)22-29(26)10-4-3-5-11-29/h6-7,12,25H,3-5,8-11H2,1-2H3. The van der Waals surface area contributed by atoms with E-state index in [1.54, 1.807) is 13.2 Å². The summed E-state index contributed by atoms with van der Waals surface area (Å²) < 4.78 is 29.6. The number of nitrogens with zero attached hydrogens (tertiary/aromatic N) is 3. The van der Waals surface area contributed by atoms with Gasteiger partial charge in [0.1, 0.15) is 23.6 Å². The topological polar surface area (TPSA) is 103 Å². The summed E-state index contributed by atoms with van der Waals surface area (Å²) in [5, 5.41) is 14.0. The average Bonchev–Trinajstić information content (AvgIpc) is 3.03. The molecule has 1 aliphatic rings. The largest absolute Gasteiger partial charge is 0.493 e. The van der Waals surface area contributed by atoms with Crippen LogP contribution in [0.3, 0.4) is 0 Å². The Bertz CT molecular complexity index is 1020. The lowest BCUT2D eigenvalue weighted by Crippen LogP contribution is -2.16. The number of aromatic nitrogens is 2. The van der Waals surface area contributed by atoms with Crippen molar-refractivity contribution in [1.29, 1.82) is 0 Å². The van der Waals surface area contributed by atoms with Gasteiger partial charge in [0.05, 0.1) is 27.6 Å². The molecule has 1 N–H and O–H groups in total. The van der Waals surface area contributed by atoms with Crippen LogP contribution in [0.2, 0.25) is 5.02 Å². The first-order valence-electron chi connectivity index (χ1n) is 9.29. The minimum atomic E-state index is -2.48. The van der Waals surface area contributed by atoms with Crippen LogP contribution in [0.5, 0.6) is 11.6 Å². The summed E-state index contributed by atoms with van der Waals surface area (Å²) in [7, 11) is 0.603. The number of hydrogen-bond donors (Lipinski definition) is 1. The van der Waals surface area contributed by atoms with Gasteiger partial charge in [-0.3, -0.25) is 4.79 Å². The van der Waals surface area contributed by atoms with Crippen LogP contribution in [0.1, 0.15) is 35.2 Å². The van der Waals surface area contributed by atoms with E-state index in [0.29, 0.717) is 23.9 Å². The number of rotatable bonds is 7. The number of benzene rings is 1. The molecule has 0 amide bonds. The Kier molecular flexibility index (Phi) is 6.81. The molecule has 1 aromatic heterocycles. The van der Waals surface area contributed by atoms with Gasteiger partial charge in [-0.25, -0.2) is 8.89 Å². The molecular formula is C19H24ClN3O5S. The van der Waals surface area contributed by atoms with Crippen molar-refractivity contribution in [3.8, 4) is 11.6 Å². The normalized spacial score (nSPS) is 15.8. The highest BCUT2D eigenvalue weighted by molar-refractivity contribution is 7.93. The molecule has 0 spiro atoms. The van der Waals surface area contributed by atoms with E-state index < -0.39 is 15.5 Å². The zero-order chi connectivity index (χ0) is 21.0. The molecule has 2 aromatic rings. The minimum Gasteiger partial charge on any atom is -0.493 e. The van der Waals surface area contributed by atoms with Gasteiger partial charge in [-0.1, -0.05) is 18.0 Å². The van der Waals surface area contributed by atoms with Crippen molar-refractivity contribution in [1.82, 2.24) is 9.78 Å². The maximum absolute atomic E-state index is 13.2. The molecule has 0 unspecified atom stereocenters. The molecule has 1 aromatic carbocycles. The molecule has 8 nitrogen and oxygen atoms in total. The zero-order valence-electron chi connectivity index (χ0n) is 16.4. The Balaban J connectivity index is 2.08. The highest BCUT2D eigenvalue weighted by atomic mass is 35.5. The summed E-state index contributed by atoms with van der Waals surface area (Å²) in [6.45, 7) is 0.615. The second-order valence-electron chi connectivity index (χ2n) is 6.78. The first kappa shape index (κ1) is 21.6. The smallest absolute Gasteiger partial charge is 0.220 e. The van der Waals surface area contributed by atoms with Gasteiger partial charge < -0.3 is 14.6 Å². The number of aromatic hydroxyl groups is 1. The van der Waals surface area contributed by atoms with Crippen LogP contribution in [0, 0.1) is 0 Å². The lowest BCUT2D eigenvalue weighted by molar-refractivity contribution is 0.103. The molecule has 0 saturated carbocycles. The minimum absolute atomic E-state index is 0.0234. The number of hydrogen-bond acceptors (Lipinski definition) is 7. The fourth-order valence-corrected chi connectivity index (χ4v) is 5.63. The van der Waals surface area contributed by atoms with Gasteiger partial charge in [0, 0.05) is 31.2 Å². The molecule has 1 saturated heterocycles. The number of methoxy groups -OCH3 is 1. The summed E-state index contributed by atoms with van der Waals surface area (Å²) in [4.78, 5) is 12.9. The second-order valence-corrected chi connectivity index (χ2v) is 9.70. The number of halogens is 1. The van der Waals surface area contributed by atoms with Crippen molar-refractivity contribution < 1.29 is 23.6 Å². The summed E-state index contributed by atoms with van der Waals surface area (Å²) in [5.74, 6) is 0.555. The van der Waals surface area contributed by atoms with Gasteiger partial charge in [0.15, 0.2) is 0 Å². The van der Waals surface area contributed by atoms with Gasteiger partial charge in [-0.05, 0) is 25.0 Å². The number of aryl methyl sites for hydroxylation is 1. The van der Waals surface area contributed by atoms with E-state index in [9.17, 15) is 14.1 Å². The van der Waals surface area contributed by atoms with Crippen molar-refractivity contribution in [2.24, 2.45) is 11.4 Å². The number of carbonyl (C=O) groups is 1. The quantitative estimate of drug-likeness (QED) is 0.522. The fourth-order valence-electron chi connectivity index (χ4n) is 3.09. The third-order valence-electron chi connectivity index (χ3n) is 4.71. The van der Waals surface area contributed by atoms with Gasteiger partial charge in [0.25, 0.3) is 0 Å². The number of ketones is 1. The lowest BCUT2D eigenvalue weighted by atomic mass is 10.0. The van der Waals surface area contributed by atoms with E-state index in [-0.39, 0.29) is 34.3 Å². The monoisotopic (exact) mass is 441 g/mol. The van der Waals surface area contributed by atoms with Gasteiger partial charge in [-0.2, -0.15) is 9.46 Å². The molecule has 0 atom stereocenters. The molecule has 10 heteroatoms. The third-order valence-corrected chi connectivity index (χ3v) is 7.46. The molecule has 3 rings (SSSR count). The third kappa shape index (κ3) is 4.73. The first-order valence-corrected chi connectivity index (χ1v) is 11.5. The van der Waals surface area contributed by atoms with Crippen molar-refractivity contribution in [2.45, 2.75) is 19.3 Å². The van der Waals surface area contributed by atoms with E-state index in [1.807, 2.05) is 0 Å². The molecule has 1 aliphatic heterocycles. The summed E-state index contributed by atoms with van der Waals surface area (Å²) in [6, 6.07) is 3.08.